The van der Waals surface area contributed by atoms with Gasteiger partial charge >= 0.3 is 0 Å². The molecule has 6 nitrogen and oxygen atoms in total. The van der Waals surface area contributed by atoms with Crippen LogP contribution in [0.25, 0.3) is 0 Å². The number of anilines is 1. The minimum absolute atomic E-state index is 0.00793. The molecule has 112 valence electrons. The van der Waals surface area contributed by atoms with E-state index >= 15 is 0 Å². The summed E-state index contributed by atoms with van der Waals surface area (Å²) in [6.07, 6.45) is 0.848. The van der Waals surface area contributed by atoms with E-state index in [0.717, 1.165) is 17.8 Å². The number of aromatic nitrogens is 1. The Labute approximate surface area is 123 Å². The van der Waals surface area contributed by atoms with Gasteiger partial charge in [-0.15, -0.1) is 0 Å². The van der Waals surface area contributed by atoms with Crippen molar-refractivity contribution in [3.8, 4) is 5.75 Å². The first-order valence-electron chi connectivity index (χ1n) is 6.85. The molecular weight excluding hydrogens is 270 g/mol. The molecule has 1 aromatic carbocycles. The van der Waals surface area contributed by atoms with E-state index in [0.29, 0.717) is 18.0 Å². The summed E-state index contributed by atoms with van der Waals surface area (Å²) in [4.78, 5) is 10.6. The molecule has 0 unspecified atom stereocenters. The number of ether oxygens (including phenoxy) is 1. The van der Waals surface area contributed by atoms with Gasteiger partial charge in [-0.25, -0.2) is 0 Å². The van der Waals surface area contributed by atoms with Crippen LogP contribution in [0.5, 0.6) is 5.75 Å². The molecular formula is C15H19N3O3. The Morgan fingerprint density at radius 3 is 2.48 bits per heavy atom. The Bertz CT molecular complexity index is 630. The van der Waals surface area contributed by atoms with Crippen molar-refractivity contribution in [3.05, 3.63) is 51.8 Å². The molecule has 0 aliphatic rings. The Balaban J connectivity index is 2.33. The predicted octanol–water partition coefficient (Wildman–Crippen LogP) is 3.68. The van der Waals surface area contributed by atoms with Crippen LogP contribution in [-0.4, -0.2) is 16.2 Å². The number of hydrogen-bond donors (Lipinski definition) is 1. The third-order valence-electron chi connectivity index (χ3n) is 3.09. The van der Waals surface area contributed by atoms with Gasteiger partial charge in [-0.2, -0.15) is 0 Å². The number of benzene rings is 1. The quantitative estimate of drug-likeness (QED) is 0.650. The Morgan fingerprint density at radius 1 is 1.24 bits per heavy atom. The molecule has 1 aromatic heterocycles. The molecule has 21 heavy (non-hydrogen) atoms. The lowest BCUT2D eigenvalue weighted by molar-refractivity contribution is -0.384. The molecule has 0 saturated heterocycles. The summed E-state index contributed by atoms with van der Waals surface area (Å²) >= 11 is 0. The van der Waals surface area contributed by atoms with E-state index < -0.39 is 4.92 Å². The molecule has 0 aliphatic heterocycles. The second-order valence-corrected chi connectivity index (χ2v) is 4.88. The van der Waals surface area contributed by atoms with Crippen molar-refractivity contribution < 1.29 is 9.66 Å². The molecule has 1 N–H and O–H groups in total. The van der Waals surface area contributed by atoms with Crippen molar-refractivity contribution in [3.63, 3.8) is 0 Å². The maximum Gasteiger partial charge on any atom is 0.275 e. The van der Waals surface area contributed by atoms with Crippen molar-refractivity contribution in [1.29, 1.82) is 0 Å². The SMILES string of the molecule is CCCOc1cc(Nn2c(C)ccc2C)cc([N+](=O)[O-])c1. The summed E-state index contributed by atoms with van der Waals surface area (Å²) in [5, 5.41) is 11.0. The van der Waals surface area contributed by atoms with Gasteiger partial charge in [-0.3, -0.25) is 20.2 Å². The molecule has 2 aromatic rings. The van der Waals surface area contributed by atoms with Crippen LogP contribution in [0.3, 0.4) is 0 Å². The molecule has 0 saturated carbocycles. The zero-order valence-electron chi connectivity index (χ0n) is 12.4. The summed E-state index contributed by atoms with van der Waals surface area (Å²) in [6, 6.07) is 8.66. The summed E-state index contributed by atoms with van der Waals surface area (Å²) in [7, 11) is 0. The summed E-state index contributed by atoms with van der Waals surface area (Å²) < 4.78 is 7.39. The van der Waals surface area contributed by atoms with Crippen molar-refractivity contribution in [2.75, 3.05) is 12.0 Å². The normalized spacial score (nSPS) is 10.4. The highest BCUT2D eigenvalue weighted by atomic mass is 16.6. The van der Waals surface area contributed by atoms with Crippen LogP contribution in [0.15, 0.2) is 30.3 Å². The second kappa shape index (κ2) is 6.30. The number of nitrogens with one attached hydrogen (secondary N) is 1. The molecule has 1 heterocycles. The molecule has 2 rings (SSSR count). The van der Waals surface area contributed by atoms with E-state index in [-0.39, 0.29) is 5.69 Å². The van der Waals surface area contributed by atoms with Gasteiger partial charge in [-0.05, 0) is 32.4 Å². The molecule has 0 spiro atoms. The maximum absolute atomic E-state index is 11.0. The average molecular weight is 289 g/mol. The highest BCUT2D eigenvalue weighted by Crippen LogP contribution is 2.26. The molecule has 0 amide bonds. The van der Waals surface area contributed by atoms with Crippen molar-refractivity contribution in [2.45, 2.75) is 27.2 Å². The lowest BCUT2D eigenvalue weighted by Crippen LogP contribution is -2.12. The summed E-state index contributed by atoms with van der Waals surface area (Å²) in [5.74, 6) is 0.496. The number of non-ortho nitro benzene ring substituents is 1. The van der Waals surface area contributed by atoms with E-state index in [2.05, 4.69) is 5.43 Å². The van der Waals surface area contributed by atoms with Crippen molar-refractivity contribution in [2.24, 2.45) is 0 Å². The molecule has 0 radical (unpaired) electrons. The molecule has 0 aliphatic carbocycles. The number of aryl methyl sites for hydroxylation is 2. The fourth-order valence-electron chi connectivity index (χ4n) is 2.03. The number of rotatable bonds is 6. The first kappa shape index (κ1) is 14.9. The minimum Gasteiger partial charge on any atom is -0.493 e. The molecule has 0 fully saturated rings. The number of nitro groups is 1. The van der Waals surface area contributed by atoms with E-state index in [9.17, 15) is 10.1 Å². The third kappa shape index (κ3) is 3.53. The Hall–Kier alpha value is -2.50. The zero-order valence-corrected chi connectivity index (χ0v) is 12.4. The number of hydrogen-bond acceptors (Lipinski definition) is 4. The number of nitrogens with zero attached hydrogens (tertiary/aromatic N) is 2. The predicted molar refractivity (Wildman–Crippen MR) is 81.8 cm³/mol. The highest BCUT2D eigenvalue weighted by Gasteiger charge is 2.11. The van der Waals surface area contributed by atoms with Crippen LogP contribution >= 0.6 is 0 Å². The largest absolute Gasteiger partial charge is 0.493 e. The average Bonchev–Trinajstić information content (AvgIpc) is 2.76. The van der Waals surface area contributed by atoms with Crippen LogP contribution in [-0.2, 0) is 0 Å². The lowest BCUT2D eigenvalue weighted by atomic mass is 10.2. The molecule has 0 atom stereocenters. The summed E-state index contributed by atoms with van der Waals surface area (Å²) in [6.45, 7) is 6.45. The van der Waals surface area contributed by atoms with Gasteiger partial charge in [0.2, 0.25) is 0 Å². The van der Waals surface area contributed by atoms with Crippen LogP contribution in [0, 0.1) is 24.0 Å². The van der Waals surface area contributed by atoms with Gasteiger partial charge in [0.1, 0.15) is 5.75 Å². The van der Waals surface area contributed by atoms with Gasteiger partial charge in [0.05, 0.1) is 23.3 Å². The fourth-order valence-corrected chi connectivity index (χ4v) is 2.03. The molecule has 0 bridgehead atoms. The van der Waals surface area contributed by atoms with E-state index in [1.165, 1.54) is 12.1 Å². The Morgan fingerprint density at radius 2 is 1.90 bits per heavy atom. The van der Waals surface area contributed by atoms with E-state index in [4.69, 9.17) is 4.74 Å². The van der Waals surface area contributed by atoms with Gasteiger partial charge in [0.15, 0.2) is 0 Å². The Kier molecular flexibility index (Phi) is 4.47. The highest BCUT2D eigenvalue weighted by molar-refractivity contribution is 5.56. The van der Waals surface area contributed by atoms with Crippen molar-refractivity contribution in [1.82, 2.24) is 4.68 Å². The van der Waals surface area contributed by atoms with Crippen LogP contribution in [0.4, 0.5) is 11.4 Å². The van der Waals surface area contributed by atoms with Crippen molar-refractivity contribution >= 4 is 11.4 Å². The first-order valence-corrected chi connectivity index (χ1v) is 6.85. The smallest absolute Gasteiger partial charge is 0.275 e. The lowest BCUT2D eigenvalue weighted by Gasteiger charge is -2.14. The standard InChI is InChI=1S/C15H19N3O3/c1-4-7-21-15-9-13(8-14(10-15)18(19)20)16-17-11(2)5-6-12(17)3/h5-6,8-10,16H,4,7H2,1-3H3. The summed E-state index contributed by atoms with van der Waals surface area (Å²) in [5.41, 5.74) is 5.84. The third-order valence-corrected chi connectivity index (χ3v) is 3.09. The molecule has 6 heteroatoms. The zero-order chi connectivity index (χ0) is 15.4. The van der Waals surface area contributed by atoms with Gasteiger partial charge in [0.25, 0.3) is 5.69 Å². The van der Waals surface area contributed by atoms with E-state index in [1.54, 1.807) is 6.07 Å². The van der Waals surface area contributed by atoms with Gasteiger partial charge < -0.3 is 4.74 Å². The maximum atomic E-state index is 11.0. The topological polar surface area (TPSA) is 69.3 Å². The van der Waals surface area contributed by atoms with Crippen LogP contribution < -0.4 is 10.2 Å². The minimum atomic E-state index is -0.417. The number of nitro benzene ring substituents is 1. The van der Waals surface area contributed by atoms with Crippen LogP contribution in [0.1, 0.15) is 24.7 Å². The van der Waals surface area contributed by atoms with Crippen LogP contribution in [0.2, 0.25) is 0 Å². The van der Waals surface area contributed by atoms with Gasteiger partial charge in [-0.1, -0.05) is 6.92 Å². The van der Waals surface area contributed by atoms with E-state index in [1.807, 2.05) is 37.6 Å². The first-order chi connectivity index (χ1) is 10.0. The van der Waals surface area contributed by atoms with Gasteiger partial charge in [0, 0.05) is 23.5 Å². The second-order valence-electron chi connectivity index (χ2n) is 4.88. The fraction of sp³-hybridized carbons (Fsp3) is 0.333. The monoisotopic (exact) mass is 289 g/mol.